The Labute approximate surface area is 163 Å². The number of amides is 1. The Morgan fingerprint density at radius 1 is 1.11 bits per heavy atom. The third-order valence-electron chi connectivity index (χ3n) is 5.09. The van der Waals surface area contributed by atoms with Crippen LogP contribution in [0.15, 0.2) is 54.6 Å². The number of hydrogen-bond acceptors (Lipinski definition) is 4. The van der Waals surface area contributed by atoms with Crippen LogP contribution in [0, 0.1) is 13.8 Å². The zero-order valence-electron chi connectivity index (χ0n) is 16.0. The molecular formula is C22H21N3O3. The molecule has 4 rings (SSSR count). The Kier molecular flexibility index (Phi) is 4.26. The highest BCUT2D eigenvalue weighted by atomic mass is 16.6. The molecule has 1 aliphatic rings. The van der Waals surface area contributed by atoms with E-state index in [9.17, 15) is 9.59 Å². The largest absolute Gasteiger partial charge is 0.445 e. The first-order valence-electron chi connectivity index (χ1n) is 9.13. The fourth-order valence-corrected chi connectivity index (χ4v) is 3.55. The second-order valence-corrected chi connectivity index (χ2v) is 7.20. The summed E-state index contributed by atoms with van der Waals surface area (Å²) >= 11 is 0. The zero-order valence-corrected chi connectivity index (χ0v) is 16.0. The maximum absolute atomic E-state index is 13.1. The lowest BCUT2D eigenvalue weighted by Gasteiger charge is -2.33. The highest BCUT2D eigenvalue weighted by Gasteiger charge is 2.43. The lowest BCUT2D eigenvalue weighted by molar-refractivity contribution is -0.134. The maximum atomic E-state index is 13.1. The smallest absolute Gasteiger partial charge is 0.339 e. The Morgan fingerprint density at radius 2 is 1.79 bits per heavy atom. The van der Waals surface area contributed by atoms with Crippen molar-refractivity contribution in [2.75, 3.05) is 5.32 Å². The van der Waals surface area contributed by atoms with Crippen LogP contribution >= 0.6 is 0 Å². The standard InChI is InChI=1S/C22H21N3O3/c1-14-19(15(2)25(24-14)17-10-5-4-6-11-17)23-21(27)22(3)13-16-9-7-8-12-18(16)20(26)28-22/h4-12H,13H2,1-3H3,(H,23,27). The van der Waals surface area contributed by atoms with E-state index >= 15 is 0 Å². The highest BCUT2D eigenvalue weighted by molar-refractivity contribution is 6.03. The van der Waals surface area contributed by atoms with Gasteiger partial charge in [-0.25, -0.2) is 9.48 Å². The molecule has 0 aliphatic carbocycles. The van der Waals surface area contributed by atoms with Crippen LogP contribution in [0.25, 0.3) is 5.69 Å². The number of para-hydroxylation sites is 1. The van der Waals surface area contributed by atoms with Gasteiger partial charge in [-0.05, 0) is 44.5 Å². The average Bonchev–Trinajstić information content (AvgIpc) is 2.97. The summed E-state index contributed by atoms with van der Waals surface area (Å²) in [6.07, 6.45) is 0.325. The van der Waals surface area contributed by atoms with Crippen molar-refractivity contribution < 1.29 is 14.3 Å². The van der Waals surface area contributed by atoms with Crippen LogP contribution in [0.4, 0.5) is 5.69 Å². The summed E-state index contributed by atoms with van der Waals surface area (Å²) in [5.41, 5.74) is 3.09. The number of cyclic esters (lactones) is 1. The van der Waals surface area contributed by atoms with E-state index in [-0.39, 0.29) is 5.91 Å². The van der Waals surface area contributed by atoms with Gasteiger partial charge in [0.25, 0.3) is 5.91 Å². The number of carbonyl (C=O) groups excluding carboxylic acids is 2. The minimum absolute atomic E-state index is 0.325. The van der Waals surface area contributed by atoms with Crippen molar-refractivity contribution in [1.82, 2.24) is 9.78 Å². The van der Waals surface area contributed by atoms with Gasteiger partial charge >= 0.3 is 5.97 Å². The molecule has 1 atom stereocenters. The molecule has 0 radical (unpaired) electrons. The molecule has 2 aromatic carbocycles. The highest BCUT2D eigenvalue weighted by Crippen LogP contribution is 2.30. The lowest BCUT2D eigenvalue weighted by Crippen LogP contribution is -2.49. The molecule has 0 saturated heterocycles. The predicted octanol–water partition coefficient (Wildman–Crippen LogP) is 3.60. The third-order valence-corrected chi connectivity index (χ3v) is 5.09. The summed E-state index contributed by atoms with van der Waals surface area (Å²) in [5, 5.41) is 7.48. The van der Waals surface area contributed by atoms with Gasteiger partial charge in [0.15, 0.2) is 5.60 Å². The molecular weight excluding hydrogens is 354 g/mol. The van der Waals surface area contributed by atoms with Crippen molar-refractivity contribution in [3.05, 3.63) is 77.1 Å². The van der Waals surface area contributed by atoms with Crippen LogP contribution < -0.4 is 5.32 Å². The SMILES string of the molecule is Cc1nn(-c2ccccc2)c(C)c1NC(=O)C1(C)Cc2ccccc2C(=O)O1. The number of rotatable bonds is 3. The van der Waals surface area contributed by atoms with Crippen molar-refractivity contribution in [1.29, 1.82) is 0 Å². The van der Waals surface area contributed by atoms with Crippen LogP contribution in [0.2, 0.25) is 0 Å². The number of ether oxygens (including phenoxy) is 1. The fourth-order valence-electron chi connectivity index (χ4n) is 3.55. The number of aromatic nitrogens is 2. The molecule has 0 saturated carbocycles. The van der Waals surface area contributed by atoms with E-state index in [1.807, 2.05) is 56.3 Å². The fraction of sp³-hybridized carbons (Fsp3) is 0.227. The van der Waals surface area contributed by atoms with E-state index in [0.29, 0.717) is 23.4 Å². The molecule has 1 N–H and O–H groups in total. The molecule has 6 nitrogen and oxygen atoms in total. The van der Waals surface area contributed by atoms with E-state index in [2.05, 4.69) is 10.4 Å². The third kappa shape index (κ3) is 2.97. The Bertz CT molecular complexity index is 1070. The summed E-state index contributed by atoms with van der Waals surface area (Å²) < 4.78 is 7.31. The lowest BCUT2D eigenvalue weighted by atomic mass is 9.89. The van der Waals surface area contributed by atoms with Gasteiger partial charge in [0.2, 0.25) is 0 Å². The van der Waals surface area contributed by atoms with Gasteiger partial charge in [0, 0.05) is 6.42 Å². The van der Waals surface area contributed by atoms with Crippen molar-refractivity contribution in [2.24, 2.45) is 0 Å². The second kappa shape index (κ2) is 6.64. The molecule has 1 aromatic heterocycles. The minimum Gasteiger partial charge on any atom is -0.445 e. The molecule has 28 heavy (non-hydrogen) atoms. The molecule has 6 heteroatoms. The normalized spacial score (nSPS) is 18.3. The number of carbonyl (C=O) groups is 2. The van der Waals surface area contributed by atoms with Gasteiger partial charge in [-0.2, -0.15) is 5.10 Å². The molecule has 0 fully saturated rings. The van der Waals surface area contributed by atoms with E-state index in [0.717, 1.165) is 16.9 Å². The topological polar surface area (TPSA) is 73.2 Å². The Balaban J connectivity index is 1.63. The number of esters is 1. The number of nitrogens with zero attached hydrogens (tertiary/aromatic N) is 2. The van der Waals surface area contributed by atoms with Gasteiger partial charge in [0.1, 0.15) is 0 Å². The van der Waals surface area contributed by atoms with Crippen LogP contribution in [0.5, 0.6) is 0 Å². The first-order valence-corrected chi connectivity index (χ1v) is 9.13. The van der Waals surface area contributed by atoms with E-state index < -0.39 is 11.6 Å². The van der Waals surface area contributed by atoms with Crippen LogP contribution in [0.3, 0.4) is 0 Å². The summed E-state index contributed by atoms with van der Waals surface area (Å²) in [6.45, 7) is 5.38. The van der Waals surface area contributed by atoms with Gasteiger partial charge in [-0.3, -0.25) is 4.79 Å². The van der Waals surface area contributed by atoms with E-state index in [1.165, 1.54) is 0 Å². The summed E-state index contributed by atoms with van der Waals surface area (Å²) in [5.74, 6) is -0.845. The van der Waals surface area contributed by atoms with Gasteiger partial charge in [0.05, 0.1) is 28.3 Å². The number of aryl methyl sites for hydroxylation is 1. The number of benzene rings is 2. The van der Waals surface area contributed by atoms with Crippen molar-refractivity contribution in [3.8, 4) is 5.69 Å². The number of hydrogen-bond donors (Lipinski definition) is 1. The predicted molar refractivity (Wildman–Crippen MR) is 106 cm³/mol. The van der Waals surface area contributed by atoms with Gasteiger partial charge < -0.3 is 10.1 Å². The van der Waals surface area contributed by atoms with Gasteiger partial charge in [-0.15, -0.1) is 0 Å². The summed E-state index contributed by atoms with van der Waals surface area (Å²) in [4.78, 5) is 25.4. The molecule has 1 aliphatic heterocycles. The van der Waals surface area contributed by atoms with Crippen LogP contribution in [0.1, 0.15) is 34.2 Å². The maximum Gasteiger partial charge on any atom is 0.339 e. The summed E-state index contributed by atoms with van der Waals surface area (Å²) in [7, 11) is 0. The first kappa shape index (κ1) is 18.0. The van der Waals surface area contributed by atoms with Crippen LogP contribution in [-0.4, -0.2) is 27.3 Å². The summed E-state index contributed by atoms with van der Waals surface area (Å²) in [6, 6.07) is 16.9. The molecule has 0 spiro atoms. The number of anilines is 1. The zero-order chi connectivity index (χ0) is 19.9. The van der Waals surface area contributed by atoms with Crippen molar-refractivity contribution in [3.63, 3.8) is 0 Å². The monoisotopic (exact) mass is 375 g/mol. The molecule has 3 aromatic rings. The molecule has 2 heterocycles. The van der Waals surface area contributed by atoms with Gasteiger partial charge in [-0.1, -0.05) is 36.4 Å². The minimum atomic E-state index is -1.28. The number of fused-ring (bicyclic) bond motifs is 1. The Hall–Kier alpha value is -3.41. The average molecular weight is 375 g/mol. The second-order valence-electron chi connectivity index (χ2n) is 7.20. The molecule has 142 valence electrons. The quantitative estimate of drug-likeness (QED) is 0.710. The van der Waals surface area contributed by atoms with Crippen molar-refractivity contribution in [2.45, 2.75) is 32.8 Å². The molecule has 0 bridgehead atoms. The van der Waals surface area contributed by atoms with Crippen LogP contribution in [-0.2, 0) is 16.0 Å². The van der Waals surface area contributed by atoms with E-state index in [1.54, 1.807) is 23.7 Å². The molecule has 1 amide bonds. The first-order chi connectivity index (χ1) is 13.4. The molecule has 1 unspecified atom stereocenters. The number of nitrogens with one attached hydrogen (secondary N) is 1. The Morgan fingerprint density at radius 3 is 2.54 bits per heavy atom. The van der Waals surface area contributed by atoms with E-state index in [4.69, 9.17) is 4.74 Å². The van der Waals surface area contributed by atoms with Crippen molar-refractivity contribution >= 4 is 17.6 Å².